The minimum Gasteiger partial charge on any atom is -0.497 e. The summed E-state index contributed by atoms with van der Waals surface area (Å²) in [7, 11) is 1.57. The number of piperazine rings is 1. The molecular formula is C27H33N5O5. The first-order valence-corrected chi connectivity index (χ1v) is 12.9. The molecule has 1 saturated carbocycles. The normalized spacial score (nSPS) is 21.8. The van der Waals surface area contributed by atoms with Crippen LogP contribution in [0.3, 0.4) is 0 Å². The molecule has 2 saturated heterocycles. The molecule has 37 heavy (non-hydrogen) atoms. The molecule has 5 rings (SSSR count). The second-order valence-corrected chi connectivity index (χ2v) is 10.00. The van der Waals surface area contributed by atoms with Gasteiger partial charge in [0.2, 0.25) is 5.91 Å². The van der Waals surface area contributed by atoms with E-state index in [1.54, 1.807) is 48.4 Å². The number of benzene rings is 2. The molecule has 2 aliphatic heterocycles. The van der Waals surface area contributed by atoms with Crippen LogP contribution in [0.2, 0.25) is 0 Å². The summed E-state index contributed by atoms with van der Waals surface area (Å²) in [6.07, 6.45) is 2.72. The molecule has 2 unspecified atom stereocenters. The van der Waals surface area contributed by atoms with Crippen molar-refractivity contribution in [3.8, 4) is 5.75 Å². The number of nitrogens with zero attached hydrogens (tertiary/aromatic N) is 4. The Bertz CT molecular complexity index is 1150. The van der Waals surface area contributed by atoms with Gasteiger partial charge in [-0.05, 0) is 43.0 Å². The monoisotopic (exact) mass is 507 g/mol. The number of hydrogen-bond donors (Lipinski definition) is 1. The molecule has 1 N–H and O–H groups in total. The van der Waals surface area contributed by atoms with E-state index in [4.69, 9.17) is 4.74 Å². The summed E-state index contributed by atoms with van der Waals surface area (Å²) in [5, 5.41) is 14.3. The van der Waals surface area contributed by atoms with E-state index in [2.05, 4.69) is 10.2 Å². The third-order valence-corrected chi connectivity index (χ3v) is 7.57. The lowest BCUT2D eigenvalue weighted by atomic mass is 10.1. The van der Waals surface area contributed by atoms with E-state index in [9.17, 15) is 19.7 Å². The standard InChI is InChI=1S/C27H33N5O5/c1-37-24-4-2-3-20(15-24)26(33)31-18-23(16-25(31)27(34)29-13-11-28-12-14-29)30(21-9-10-21)17-19-5-7-22(8-6-19)32(35)36/h2-8,15,21,23,25,28H,9-14,16-18H2,1H3. The molecule has 0 radical (unpaired) electrons. The largest absolute Gasteiger partial charge is 0.497 e. The molecule has 2 aromatic carbocycles. The van der Waals surface area contributed by atoms with Crippen molar-refractivity contribution in [1.29, 1.82) is 0 Å². The number of nitro benzene ring substituents is 1. The van der Waals surface area contributed by atoms with Gasteiger partial charge in [0.1, 0.15) is 11.8 Å². The highest BCUT2D eigenvalue weighted by Gasteiger charge is 2.46. The second-order valence-electron chi connectivity index (χ2n) is 10.00. The Kier molecular flexibility index (Phi) is 7.38. The fourth-order valence-electron chi connectivity index (χ4n) is 5.43. The van der Waals surface area contributed by atoms with E-state index in [1.165, 1.54) is 12.1 Å². The van der Waals surface area contributed by atoms with Crippen LogP contribution in [-0.2, 0) is 11.3 Å². The van der Waals surface area contributed by atoms with Gasteiger partial charge in [0.25, 0.3) is 11.6 Å². The second kappa shape index (κ2) is 10.9. The minimum atomic E-state index is -0.528. The number of hydrogen-bond acceptors (Lipinski definition) is 7. The number of likely N-dealkylation sites (tertiary alicyclic amines) is 1. The van der Waals surface area contributed by atoms with Gasteiger partial charge in [0.05, 0.1) is 12.0 Å². The summed E-state index contributed by atoms with van der Waals surface area (Å²) in [6.45, 7) is 3.86. The van der Waals surface area contributed by atoms with Gasteiger partial charge in [-0.25, -0.2) is 0 Å². The lowest BCUT2D eigenvalue weighted by Crippen LogP contribution is -2.53. The van der Waals surface area contributed by atoms with Crippen LogP contribution in [0.1, 0.15) is 35.2 Å². The summed E-state index contributed by atoms with van der Waals surface area (Å²) in [6, 6.07) is 13.6. The number of ether oxygens (including phenoxy) is 1. The SMILES string of the molecule is COc1cccc(C(=O)N2CC(N(Cc3ccc([N+](=O)[O-])cc3)C3CC3)CC2C(=O)N2CCNCC2)c1. The summed E-state index contributed by atoms with van der Waals surface area (Å²) < 4.78 is 5.32. The van der Waals surface area contributed by atoms with Crippen LogP contribution >= 0.6 is 0 Å². The number of amides is 2. The van der Waals surface area contributed by atoms with Crippen LogP contribution in [0.15, 0.2) is 48.5 Å². The molecular weight excluding hydrogens is 474 g/mol. The number of nitrogens with one attached hydrogen (secondary N) is 1. The fraction of sp³-hybridized carbons (Fsp3) is 0.481. The number of non-ortho nitro benzene ring substituents is 1. The molecule has 2 heterocycles. The van der Waals surface area contributed by atoms with Crippen LogP contribution in [-0.4, -0.2) is 89.4 Å². The van der Waals surface area contributed by atoms with E-state index in [0.717, 1.165) is 31.5 Å². The first kappa shape index (κ1) is 25.2. The molecule has 10 heteroatoms. The first-order valence-electron chi connectivity index (χ1n) is 12.9. The highest BCUT2D eigenvalue weighted by Crippen LogP contribution is 2.36. The van der Waals surface area contributed by atoms with E-state index in [-0.39, 0.29) is 23.5 Å². The van der Waals surface area contributed by atoms with Crippen molar-refractivity contribution in [3.05, 3.63) is 69.8 Å². The Morgan fingerprint density at radius 2 is 1.84 bits per heavy atom. The Balaban J connectivity index is 1.39. The van der Waals surface area contributed by atoms with E-state index in [1.807, 2.05) is 4.90 Å². The zero-order chi connectivity index (χ0) is 25.9. The van der Waals surface area contributed by atoms with Gasteiger partial charge in [0, 0.05) is 69.0 Å². The van der Waals surface area contributed by atoms with E-state index >= 15 is 0 Å². The fourth-order valence-corrected chi connectivity index (χ4v) is 5.43. The van der Waals surface area contributed by atoms with Crippen molar-refractivity contribution in [2.75, 3.05) is 39.8 Å². The minimum absolute atomic E-state index is 0.00586. The zero-order valence-electron chi connectivity index (χ0n) is 21.0. The van der Waals surface area contributed by atoms with Gasteiger partial charge in [-0.15, -0.1) is 0 Å². The first-order chi connectivity index (χ1) is 17.9. The maximum absolute atomic E-state index is 13.7. The smallest absolute Gasteiger partial charge is 0.269 e. The van der Waals surface area contributed by atoms with Crippen molar-refractivity contribution in [2.45, 2.75) is 43.9 Å². The van der Waals surface area contributed by atoms with Gasteiger partial charge < -0.3 is 19.9 Å². The Morgan fingerprint density at radius 3 is 2.49 bits per heavy atom. The predicted molar refractivity (Wildman–Crippen MR) is 137 cm³/mol. The Labute approximate surface area is 216 Å². The average Bonchev–Trinajstić information content (AvgIpc) is 3.69. The van der Waals surface area contributed by atoms with Crippen LogP contribution in [0.25, 0.3) is 0 Å². The third-order valence-electron chi connectivity index (χ3n) is 7.57. The lowest BCUT2D eigenvalue weighted by molar-refractivity contribution is -0.384. The molecule has 10 nitrogen and oxygen atoms in total. The summed E-state index contributed by atoms with van der Waals surface area (Å²) in [4.78, 5) is 44.1. The number of nitro groups is 1. The Morgan fingerprint density at radius 1 is 1.11 bits per heavy atom. The van der Waals surface area contributed by atoms with Crippen LogP contribution < -0.4 is 10.1 Å². The summed E-state index contributed by atoms with van der Waals surface area (Å²) in [5.74, 6) is 0.441. The maximum Gasteiger partial charge on any atom is 0.269 e. The van der Waals surface area contributed by atoms with Crippen molar-refractivity contribution >= 4 is 17.5 Å². The highest BCUT2D eigenvalue weighted by atomic mass is 16.6. The van der Waals surface area contributed by atoms with Crippen molar-refractivity contribution in [3.63, 3.8) is 0 Å². The van der Waals surface area contributed by atoms with Gasteiger partial charge in [-0.3, -0.25) is 24.6 Å². The highest BCUT2D eigenvalue weighted by molar-refractivity contribution is 5.98. The number of methoxy groups -OCH3 is 1. The molecule has 196 valence electrons. The molecule has 3 fully saturated rings. The van der Waals surface area contributed by atoms with Crippen molar-refractivity contribution in [2.24, 2.45) is 0 Å². The van der Waals surface area contributed by atoms with Crippen LogP contribution in [0.4, 0.5) is 5.69 Å². The molecule has 1 aliphatic carbocycles. The molecule has 2 amide bonds. The molecule has 2 atom stereocenters. The zero-order valence-corrected chi connectivity index (χ0v) is 21.0. The maximum atomic E-state index is 13.7. The quantitative estimate of drug-likeness (QED) is 0.431. The van der Waals surface area contributed by atoms with Gasteiger partial charge in [-0.2, -0.15) is 0 Å². The Hall–Kier alpha value is -3.50. The van der Waals surface area contributed by atoms with Gasteiger partial charge in [0.15, 0.2) is 0 Å². The van der Waals surface area contributed by atoms with Gasteiger partial charge in [-0.1, -0.05) is 18.2 Å². The molecule has 2 aromatic rings. The lowest BCUT2D eigenvalue weighted by Gasteiger charge is -2.32. The van der Waals surface area contributed by atoms with Crippen LogP contribution in [0, 0.1) is 10.1 Å². The summed E-state index contributed by atoms with van der Waals surface area (Å²) in [5.41, 5.74) is 1.56. The predicted octanol–water partition coefficient (Wildman–Crippen LogP) is 2.28. The van der Waals surface area contributed by atoms with E-state index in [0.29, 0.717) is 50.0 Å². The molecule has 0 aromatic heterocycles. The summed E-state index contributed by atoms with van der Waals surface area (Å²) >= 11 is 0. The van der Waals surface area contributed by atoms with Gasteiger partial charge >= 0.3 is 0 Å². The third kappa shape index (κ3) is 5.60. The van der Waals surface area contributed by atoms with Crippen LogP contribution in [0.5, 0.6) is 5.75 Å². The molecule has 0 bridgehead atoms. The average molecular weight is 508 g/mol. The number of carbonyl (C=O) groups excluding carboxylic acids is 2. The topological polar surface area (TPSA) is 108 Å². The number of carbonyl (C=O) groups is 2. The molecule has 0 spiro atoms. The van der Waals surface area contributed by atoms with Crippen molar-refractivity contribution < 1.29 is 19.2 Å². The van der Waals surface area contributed by atoms with Crippen molar-refractivity contribution in [1.82, 2.24) is 20.0 Å². The van der Waals surface area contributed by atoms with E-state index < -0.39 is 11.0 Å². The molecule has 3 aliphatic rings. The number of rotatable bonds is 8.